The Morgan fingerprint density at radius 3 is 2.07 bits per heavy atom. The van der Waals surface area contributed by atoms with Crippen molar-refractivity contribution in [3.63, 3.8) is 0 Å². The Hall–Kier alpha value is -3.85. The minimum atomic E-state index is -4.11. The van der Waals surface area contributed by atoms with Gasteiger partial charge in [-0.25, -0.2) is 8.42 Å². The van der Waals surface area contributed by atoms with Crippen LogP contribution in [0.25, 0.3) is 0 Å². The number of ether oxygens (including phenoxy) is 1. The van der Waals surface area contributed by atoms with Crippen LogP contribution in [0.2, 0.25) is 0 Å². The van der Waals surface area contributed by atoms with Gasteiger partial charge in [0, 0.05) is 13.1 Å². The third-order valence-corrected chi connectivity index (χ3v) is 9.03. The predicted molar refractivity (Wildman–Crippen MR) is 167 cm³/mol. The molecule has 0 saturated carbocycles. The molecule has 0 aliphatic carbocycles. The van der Waals surface area contributed by atoms with Crippen LogP contribution in [-0.4, -0.2) is 51.4 Å². The lowest BCUT2D eigenvalue weighted by Crippen LogP contribution is -2.51. The maximum Gasteiger partial charge on any atom is 0.264 e. The molecule has 3 rings (SSSR count). The SMILES string of the molecule is CCCCNC(=O)C(C)N(Cc1ccc(OC)cc1)C(=O)CN(c1ccc(C(C)C)cc1)S(=O)(=O)c1ccc(C)cc1. The van der Waals surface area contributed by atoms with E-state index < -0.39 is 28.5 Å². The number of methoxy groups -OCH3 is 1. The highest BCUT2D eigenvalue weighted by Crippen LogP contribution is 2.27. The van der Waals surface area contributed by atoms with Crippen molar-refractivity contribution in [3.8, 4) is 5.75 Å². The normalized spacial score (nSPS) is 12.1. The molecule has 8 nitrogen and oxygen atoms in total. The lowest BCUT2D eigenvalue weighted by Gasteiger charge is -2.32. The van der Waals surface area contributed by atoms with Crippen LogP contribution < -0.4 is 14.4 Å². The molecule has 3 aromatic rings. The Bertz CT molecular complexity index is 1420. The van der Waals surface area contributed by atoms with Gasteiger partial charge in [-0.3, -0.25) is 13.9 Å². The van der Waals surface area contributed by atoms with Crippen molar-refractivity contribution in [2.75, 3.05) is 24.5 Å². The summed E-state index contributed by atoms with van der Waals surface area (Å²) in [5.41, 5.74) is 3.13. The van der Waals surface area contributed by atoms with Crippen molar-refractivity contribution in [2.45, 2.75) is 70.9 Å². The van der Waals surface area contributed by atoms with E-state index in [2.05, 4.69) is 19.2 Å². The molecule has 0 aliphatic heterocycles. The minimum absolute atomic E-state index is 0.0842. The van der Waals surface area contributed by atoms with E-state index in [9.17, 15) is 18.0 Å². The zero-order valence-corrected chi connectivity index (χ0v) is 26.3. The molecular weight excluding hydrogens is 550 g/mol. The van der Waals surface area contributed by atoms with Gasteiger partial charge in [-0.15, -0.1) is 0 Å². The topological polar surface area (TPSA) is 96.0 Å². The molecule has 0 fully saturated rings. The smallest absolute Gasteiger partial charge is 0.264 e. The van der Waals surface area contributed by atoms with Crippen molar-refractivity contribution in [1.29, 1.82) is 0 Å². The van der Waals surface area contributed by atoms with Gasteiger partial charge < -0.3 is 15.0 Å². The van der Waals surface area contributed by atoms with Gasteiger partial charge in [-0.05, 0) is 73.7 Å². The highest BCUT2D eigenvalue weighted by Gasteiger charge is 2.32. The number of hydrogen-bond donors (Lipinski definition) is 1. The lowest BCUT2D eigenvalue weighted by atomic mass is 10.0. The van der Waals surface area contributed by atoms with Crippen molar-refractivity contribution in [2.24, 2.45) is 0 Å². The number of aryl methyl sites for hydroxylation is 1. The van der Waals surface area contributed by atoms with Crippen LogP contribution in [0, 0.1) is 6.92 Å². The second-order valence-electron chi connectivity index (χ2n) is 10.8. The molecule has 0 heterocycles. The zero-order valence-electron chi connectivity index (χ0n) is 25.5. The summed E-state index contributed by atoms with van der Waals surface area (Å²) in [6.07, 6.45) is 1.74. The monoisotopic (exact) mass is 593 g/mol. The summed E-state index contributed by atoms with van der Waals surface area (Å²) in [4.78, 5) is 28.7. The molecule has 3 aromatic carbocycles. The zero-order chi connectivity index (χ0) is 30.9. The first-order valence-corrected chi connectivity index (χ1v) is 15.8. The standard InChI is InChI=1S/C33H43N3O5S/c1-7-8-21-34-33(38)26(5)35(22-27-11-17-30(41-6)18-12-27)32(37)23-36(29-15-13-28(14-16-29)24(2)3)42(39,40)31-19-9-25(4)10-20-31/h9-20,24,26H,7-8,21-23H2,1-6H3,(H,34,38). The molecule has 2 amide bonds. The van der Waals surface area contributed by atoms with E-state index in [1.807, 2.05) is 38.1 Å². The Morgan fingerprint density at radius 1 is 0.905 bits per heavy atom. The molecule has 0 aromatic heterocycles. The second-order valence-corrected chi connectivity index (χ2v) is 12.6. The van der Waals surface area contributed by atoms with E-state index in [1.54, 1.807) is 62.6 Å². The Kier molecular flexibility index (Phi) is 11.6. The first-order chi connectivity index (χ1) is 20.0. The predicted octanol–water partition coefficient (Wildman–Crippen LogP) is 5.66. The fourth-order valence-electron chi connectivity index (χ4n) is 4.44. The molecule has 0 saturated heterocycles. The van der Waals surface area contributed by atoms with E-state index in [-0.39, 0.29) is 23.3 Å². The molecule has 1 atom stereocenters. The Labute approximate surface area is 250 Å². The van der Waals surface area contributed by atoms with E-state index in [0.717, 1.165) is 33.8 Å². The lowest BCUT2D eigenvalue weighted by molar-refractivity contribution is -0.139. The number of amides is 2. The number of carbonyl (C=O) groups is 2. The fourth-order valence-corrected chi connectivity index (χ4v) is 5.85. The summed E-state index contributed by atoms with van der Waals surface area (Å²) in [6, 6.07) is 20.1. The molecule has 1 N–H and O–H groups in total. The Morgan fingerprint density at radius 2 is 1.52 bits per heavy atom. The maximum absolute atomic E-state index is 14.1. The number of nitrogens with zero attached hydrogens (tertiary/aromatic N) is 2. The molecule has 0 aliphatic rings. The quantitative estimate of drug-likeness (QED) is 0.244. The van der Waals surface area contributed by atoms with E-state index in [4.69, 9.17) is 4.74 Å². The summed E-state index contributed by atoms with van der Waals surface area (Å²) in [5, 5.41) is 2.90. The van der Waals surface area contributed by atoms with E-state index in [0.29, 0.717) is 18.0 Å². The summed E-state index contributed by atoms with van der Waals surface area (Å²) >= 11 is 0. The summed E-state index contributed by atoms with van der Waals surface area (Å²) < 4.78 is 34.4. The molecule has 226 valence electrons. The number of sulfonamides is 1. The van der Waals surface area contributed by atoms with Crippen molar-refractivity contribution in [3.05, 3.63) is 89.5 Å². The van der Waals surface area contributed by atoms with Gasteiger partial charge in [-0.2, -0.15) is 0 Å². The van der Waals surface area contributed by atoms with Gasteiger partial charge >= 0.3 is 0 Å². The van der Waals surface area contributed by atoms with E-state index in [1.165, 1.54) is 4.90 Å². The van der Waals surface area contributed by atoms with Gasteiger partial charge in [0.2, 0.25) is 11.8 Å². The van der Waals surface area contributed by atoms with Crippen LogP contribution in [0.5, 0.6) is 5.75 Å². The van der Waals surface area contributed by atoms with Crippen LogP contribution in [-0.2, 0) is 26.2 Å². The summed E-state index contributed by atoms with van der Waals surface area (Å²) in [6.45, 7) is 9.85. The summed E-state index contributed by atoms with van der Waals surface area (Å²) in [7, 11) is -2.54. The number of rotatable bonds is 14. The van der Waals surface area contributed by atoms with Crippen molar-refractivity contribution < 1.29 is 22.7 Å². The minimum Gasteiger partial charge on any atom is -0.497 e. The van der Waals surface area contributed by atoms with Crippen LogP contribution in [0.4, 0.5) is 5.69 Å². The molecule has 0 spiro atoms. The highest BCUT2D eigenvalue weighted by atomic mass is 32.2. The van der Waals surface area contributed by atoms with Crippen LogP contribution in [0.1, 0.15) is 63.1 Å². The van der Waals surface area contributed by atoms with Gasteiger partial charge in [0.15, 0.2) is 0 Å². The number of nitrogens with one attached hydrogen (secondary N) is 1. The van der Waals surface area contributed by atoms with Gasteiger partial charge in [0.05, 0.1) is 17.7 Å². The molecule has 0 bridgehead atoms. The fraction of sp³-hybridized carbons (Fsp3) is 0.394. The number of carbonyl (C=O) groups excluding carboxylic acids is 2. The Balaban J connectivity index is 2.01. The third-order valence-electron chi connectivity index (χ3n) is 7.24. The highest BCUT2D eigenvalue weighted by molar-refractivity contribution is 7.92. The molecule has 0 radical (unpaired) electrons. The van der Waals surface area contributed by atoms with Gasteiger partial charge in [-0.1, -0.05) is 69.2 Å². The largest absolute Gasteiger partial charge is 0.497 e. The van der Waals surface area contributed by atoms with Crippen LogP contribution in [0.15, 0.2) is 77.7 Å². The number of anilines is 1. The molecule has 42 heavy (non-hydrogen) atoms. The first kappa shape index (κ1) is 32.7. The third kappa shape index (κ3) is 8.35. The number of unbranched alkanes of at least 4 members (excludes halogenated alkanes) is 1. The molecular formula is C33H43N3O5S. The number of benzene rings is 3. The van der Waals surface area contributed by atoms with E-state index >= 15 is 0 Å². The maximum atomic E-state index is 14.1. The van der Waals surface area contributed by atoms with Crippen molar-refractivity contribution >= 4 is 27.5 Å². The van der Waals surface area contributed by atoms with Gasteiger partial charge in [0.25, 0.3) is 10.0 Å². The molecule has 9 heteroatoms. The summed E-state index contributed by atoms with van der Waals surface area (Å²) in [5.74, 6) is 0.143. The van der Waals surface area contributed by atoms with Gasteiger partial charge in [0.1, 0.15) is 18.3 Å². The second kappa shape index (κ2) is 14.9. The first-order valence-electron chi connectivity index (χ1n) is 14.4. The van der Waals surface area contributed by atoms with Crippen LogP contribution >= 0.6 is 0 Å². The van der Waals surface area contributed by atoms with Crippen molar-refractivity contribution in [1.82, 2.24) is 10.2 Å². The molecule has 1 unspecified atom stereocenters. The number of hydrogen-bond acceptors (Lipinski definition) is 5. The van der Waals surface area contributed by atoms with Crippen LogP contribution in [0.3, 0.4) is 0 Å². The average Bonchev–Trinajstić information content (AvgIpc) is 2.98. The average molecular weight is 594 g/mol.